The number of hydrogen-bond acceptors (Lipinski definition) is 6. The molecule has 0 aromatic heterocycles. The monoisotopic (exact) mass is 483 g/mol. The van der Waals surface area contributed by atoms with Crippen LogP contribution in [0.5, 0.6) is 0 Å². The normalized spacial score (nSPS) is 19.3. The molecule has 1 heterocycles. The lowest BCUT2D eigenvalue weighted by atomic mass is 10.0. The molecule has 0 spiro atoms. The fourth-order valence-electron chi connectivity index (χ4n) is 3.88. The number of rotatable bonds is 12. The number of nitrogens with one attached hydrogen (secondary N) is 3. The number of carboxylic acids is 1. The van der Waals surface area contributed by atoms with Crippen LogP contribution in [0.3, 0.4) is 0 Å². The van der Waals surface area contributed by atoms with E-state index in [0.717, 1.165) is 0 Å². The van der Waals surface area contributed by atoms with E-state index in [4.69, 9.17) is 5.73 Å². The van der Waals surface area contributed by atoms with E-state index in [1.807, 2.05) is 27.7 Å². The standard InChI is InChI=1S/C23H41N5O6/c1-12(2)10-16(24)21(31)26-14(5)19(29)25-15(6)20(30)27-17(11-13(3)4)22(32)28-9-7-8-18(28)23(33)34/h12-18H,7-11,24H2,1-6H3,(H,25,29)(H,26,31)(H,27,30)(H,33,34)/t14-,15-,16-,17-,18-/m0/s1. The highest BCUT2D eigenvalue weighted by Crippen LogP contribution is 2.20. The Bertz CT molecular complexity index is 756. The van der Waals surface area contributed by atoms with Gasteiger partial charge in [-0.2, -0.15) is 0 Å². The summed E-state index contributed by atoms with van der Waals surface area (Å²) >= 11 is 0. The highest BCUT2D eigenvalue weighted by Gasteiger charge is 2.38. The Morgan fingerprint density at radius 1 is 0.853 bits per heavy atom. The van der Waals surface area contributed by atoms with E-state index < -0.39 is 59.8 Å². The Labute approximate surface area is 201 Å². The second-order valence-electron chi connectivity index (χ2n) is 9.92. The third-order valence-corrected chi connectivity index (χ3v) is 5.71. The zero-order valence-corrected chi connectivity index (χ0v) is 21.1. The van der Waals surface area contributed by atoms with Gasteiger partial charge in [-0.05, 0) is 51.4 Å². The first-order chi connectivity index (χ1) is 15.7. The Morgan fingerprint density at radius 3 is 1.85 bits per heavy atom. The van der Waals surface area contributed by atoms with Crippen molar-refractivity contribution in [1.29, 1.82) is 0 Å². The van der Waals surface area contributed by atoms with Gasteiger partial charge in [0.2, 0.25) is 23.6 Å². The minimum atomic E-state index is -1.06. The molecule has 1 aliphatic rings. The van der Waals surface area contributed by atoms with Crippen molar-refractivity contribution in [1.82, 2.24) is 20.9 Å². The molecule has 1 fully saturated rings. The summed E-state index contributed by atoms with van der Waals surface area (Å²) in [7, 11) is 0. The van der Waals surface area contributed by atoms with Crippen LogP contribution in [0, 0.1) is 11.8 Å². The molecule has 0 radical (unpaired) electrons. The molecule has 1 rings (SSSR count). The fourth-order valence-corrected chi connectivity index (χ4v) is 3.88. The van der Waals surface area contributed by atoms with Crippen molar-refractivity contribution in [3.05, 3.63) is 0 Å². The van der Waals surface area contributed by atoms with Crippen molar-refractivity contribution >= 4 is 29.6 Å². The highest BCUT2D eigenvalue weighted by molar-refractivity contribution is 5.95. The number of nitrogens with two attached hydrogens (primary N) is 1. The average molecular weight is 484 g/mol. The van der Waals surface area contributed by atoms with Crippen molar-refractivity contribution in [2.45, 2.75) is 97.4 Å². The van der Waals surface area contributed by atoms with Gasteiger partial charge in [0.15, 0.2) is 0 Å². The predicted octanol–water partition coefficient (Wildman–Crippen LogP) is -0.0243. The van der Waals surface area contributed by atoms with Crippen molar-refractivity contribution in [2.24, 2.45) is 17.6 Å². The zero-order chi connectivity index (χ0) is 26.2. The summed E-state index contributed by atoms with van der Waals surface area (Å²) in [6.45, 7) is 10.9. The van der Waals surface area contributed by atoms with Crippen LogP contribution in [0.4, 0.5) is 0 Å². The number of hydrogen-bond donors (Lipinski definition) is 5. The van der Waals surface area contributed by atoms with Crippen LogP contribution >= 0.6 is 0 Å². The van der Waals surface area contributed by atoms with Gasteiger partial charge in [0.1, 0.15) is 24.2 Å². The second kappa shape index (κ2) is 13.3. The number of carbonyl (C=O) groups excluding carboxylic acids is 4. The number of nitrogens with zero attached hydrogens (tertiary/aromatic N) is 1. The maximum absolute atomic E-state index is 13.0. The third-order valence-electron chi connectivity index (χ3n) is 5.71. The maximum atomic E-state index is 13.0. The maximum Gasteiger partial charge on any atom is 0.326 e. The fraction of sp³-hybridized carbons (Fsp3) is 0.783. The topological polar surface area (TPSA) is 171 Å². The van der Waals surface area contributed by atoms with Gasteiger partial charge in [-0.25, -0.2) is 4.79 Å². The molecule has 4 amide bonds. The van der Waals surface area contributed by atoms with Gasteiger partial charge >= 0.3 is 5.97 Å². The molecule has 0 aliphatic carbocycles. The molecule has 11 nitrogen and oxygen atoms in total. The minimum Gasteiger partial charge on any atom is -0.480 e. The highest BCUT2D eigenvalue weighted by atomic mass is 16.4. The summed E-state index contributed by atoms with van der Waals surface area (Å²) in [6.07, 6.45) is 1.76. The molecule has 34 heavy (non-hydrogen) atoms. The summed E-state index contributed by atoms with van der Waals surface area (Å²) in [5, 5.41) is 17.1. The molecular weight excluding hydrogens is 442 g/mol. The SMILES string of the molecule is CC(C)C[C@H](NC(=O)[C@H](C)NC(=O)[C@H](C)NC(=O)[C@@H](N)CC(C)C)C(=O)N1CCC[C@H]1C(=O)O. The van der Waals surface area contributed by atoms with Crippen LogP contribution in [-0.2, 0) is 24.0 Å². The lowest BCUT2D eigenvalue weighted by molar-refractivity contribution is -0.149. The van der Waals surface area contributed by atoms with Gasteiger partial charge in [0.05, 0.1) is 6.04 Å². The average Bonchev–Trinajstić information content (AvgIpc) is 3.21. The molecule has 5 atom stereocenters. The lowest BCUT2D eigenvalue weighted by Gasteiger charge is -2.29. The van der Waals surface area contributed by atoms with E-state index in [2.05, 4.69) is 16.0 Å². The zero-order valence-electron chi connectivity index (χ0n) is 21.1. The van der Waals surface area contributed by atoms with E-state index >= 15 is 0 Å². The molecule has 0 bridgehead atoms. The van der Waals surface area contributed by atoms with Crippen LogP contribution in [0.25, 0.3) is 0 Å². The number of carboxylic acid groups (broad SMARTS) is 1. The molecule has 194 valence electrons. The van der Waals surface area contributed by atoms with Crippen LogP contribution in [0.15, 0.2) is 0 Å². The second-order valence-corrected chi connectivity index (χ2v) is 9.92. The van der Waals surface area contributed by atoms with Crippen molar-refractivity contribution in [3.8, 4) is 0 Å². The van der Waals surface area contributed by atoms with Crippen molar-refractivity contribution in [3.63, 3.8) is 0 Å². The molecule has 0 unspecified atom stereocenters. The molecule has 11 heteroatoms. The first-order valence-corrected chi connectivity index (χ1v) is 11.9. The molecular formula is C23H41N5O6. The summed E-state index contributed by atoms with van der Waals surface area (Å²) in [4.78, 5) is 63.2. The van der Waals surface area contributed by atoms with Gasteiger partial charge in [-0.15, -0.1) is 0 Å². The largest absolute Gasteiger partial charge is 0.480 e. The quantitative estimate of drug-likeness (QED) is 0.259. The molecule has 0 aromatic rings. The van der Waals surface area contributed by atoms with E-state index in [1.54, 1.807) is 0 Å². The number of likely N-dealkylation sites (tertiary alicyclic amines) is 1. The summed E-state index contributed by atoms with van der Waals surface area (Å²) in [5.41, 5.74) is 5.84. The Hall–Kier alpha value is -2.69. The van der Waals surface area contributed by atoms with E-state index in [1.165, 1.54) is 18.7 Å². The number of aliphatic carboxylic acids is 1. The lowest BCUT2D eigenvalue weighted by Crippen LogP contribution is -2.57. The van der Waals surface area contributed by atoms with Crippen LogP contribution in [0.2, 0.25) is 0 Å². The summed E-state index contributed by atoms with van der Waals surface area (Å²) < 4.78 is 0. The third kappa shape index (κ3) is 8.92. The van der Waals surface area contributed by atoms with Gasteiger partial charge < -0.3 is 31.7 Å². The van der Waals surface area contributed by atoms with Gasteiger partial charge in [0.25, 0.3) is 0 Å². The smallest absolute Gasteiger partial charge is 0.326 e. The number of amides is 4. The summed E-state index contributed by atoms with van der Waals surface area (Å²) in [5.74, 6) is -2.81. The summed E-state index contributed by atoms with van der Waals surface area (Å²) in [6, 6.07) is -4.43. The van der Waals surface area contributed by atoms with Crippen LogP contribution < -0.4 is 21.7 Å². The Morgan fingerprint density at radius 2 is 1.35 bits per heavy atom. The first-order valence-electron chi connectivity index (χ1n) is 11.9. The number of carbonyl (C=O) groups is 5. The van der Waals surface area contributed by atoms with Crippen molar-refractivity contribution < 1.29 is 29.1 Å². The Kier molecular flexibility index (Phi) is 11.4. The van der Waals surface area contributed by atoms with E-state index in [0.29, 0.717) is 32.2 Å². The van der Waals surface area contributed by atoms with Gasteiger partial charge in [-0.1, -0.05) is 27.7 Å². The van der Waals surface area contributed by atoms with Gasteiger partial charge in [-0.3, -0.25) is 19.2 Å². The molecule has 0 saturated carbocycles. The van der Waals surface area contributed by atoms with E-state index in [9.17, 15) is 29.1 Å². The van der Waals surface area contributed by atoms with Crippen LogP contribution in [0.1, 0.15) is 67.2 Å². The van der Waals surface area contributed by atoms with Crippen LogP contribution in [-0.4, -0.2) is 76.4 Å². The molecule has 6 N–H and O–H groups in total. The molecule has 1 saturated heterocycles. The first kappa shape index (κ1) is 29.3. The molecule has 0 aromatic carbocycles. The Balaban J connectivity index is 2.74. The van der Waals surface area contributed by atoms with Crippen molar-refractivity contribution in [2.75, 3.05) is 6.54 Å². The van der Waals surface area contributed by atoms with Gasteiger partial charge in [0, 0.05) is 6.54 Å². The minimum absolute atomic E-state index is 0.0651. The predicted molar refractivity (Wildman–Crippen MR) is 126 cm³/mol. The van der Waals surface area contributed by atoms with E-state index in [-0.39, 0.29) is 11.8 Å². The molecule has 1 aliphatic heterocycles.